The third-order valence-corrected chi connectivity index (χ3v) is 3.46. The fourth-order valence-corrected chi connectivity index (χ4v) is 2.34. The summed E-state index contributed by atoms with van der Waals surface area (Å²) in [5.41, 5.74) is 4.63. The Bertz CT molecular complexity index is 698. The molecule has 0 radical (unpaired) electrons. The van der Waals surface area contributed by atoms with Gasteiger partial charge in [-0.2, -0.15) is 0 Å². The van der Waals surface area contributed by atoms with E-state index in [1.807, 2.05) is 12.3 Å². The highest BCUT2D eigenvalue weighted by Gasteiger charge is 2.08. The molecule has 1 aromatic heterocycles. The average molecular weight is 265 g/mol. The predicted molar refractivity (Wildman–Crippen MR) is 83.6 cm³/mol. The molecule has 0 spiro atoms. The molecule has 3 rings (SSSR count). The van der Waals surface area contributed by atoms with Crippen LogP contribution in [-0.4, -0.2) is 6.04 Å². The summed E-state index contributed by atoms with van der Waals surface area (Å²) in [4.78, 5) is 0. The Morgan fingerprint density at radius 2 is 1.80 bits per heavy atom. The molecule has 2 nitrogen and oxygen atoms in total. The first-order valence-corrected chi connectivity index (χ1v) is 7.03. The average Bonchev–Trinajstić information content (AvgIpc) is 2.88. The molecule has 0 amide bonds. The number of benzene rings is 2. The summed E-state index contributed by atoms with van der Waals surface area (Å²) < 4.78 is 5.63. The van der Waals surface area contributed by atoms with Gasteiger partial charge < -0.3 is 9.73 Å². The number of furan rings is 1. The van der Waals surface area contributed by atoms with Crippen LogP contribution in [0.3, 0.4) is 0 Å². The lowest BCUT2D eigenvalue weighted by Crippen LogP contribution is -2.21. The van der Waals surface area contributed by atoms with Crippen LogP contribution in [0.25, 0.3) is 22.1 Å². The summed E-state index contributed by atoms with van der Waals surface area (Å²) in [6, 6.07) is 17.3. The van der Waals surface area contributed by atoms with E-state index in [9.17, 15) is 0 Å². The smallest absolute Gasteiger partial charge is 0.134 e. The Balaban J connectivity index is 1.99. The molecule has 3 aromatic rings. The number of fused-ring (bicyclic) bond motifs is 1. The van der Waals surface area contributed by atoms with Crippen LogP contribution in [0.2, 0.25) is 0 Å². The van der Waals surface area contributed by atoms with Crippen LogP contribution in [0.15, 0.2) is 59.2 Å². The van der Waals surface area contributed by atoms with Gasteiger partial charge in [0, 0.05) is 23.5 Å². The van der Waals surface area contributed by atoms with Gasteiger partial charge in [0.05, 0.1) is 6.26 Å². The van der Waals surface area contributed by atoms with Crippen molar-refractivity contribution in [3.8, 4) is 11.1 Å². The Morgan fingerprint density at radius 3 is 2.55 bits per heavy atom. The van der Waals surface area contributed by atoms with Gasteiger partial charge in [-0.05, 0) is 23.3 Å². The molecule has 0 aliphatic rings. The maximum absolute atomic E-state index is 5.63. The zero-order valence-corrected chi connectivity index (χ0v) is 11.9. The quantitative estimate of drug-likeness (QED) is 0.746. The lowest BCUT2D eigenvalue weighted by molar-refractivity contribution is 0.572. The Kier molecular flexibility index (Phi) is 3.57. The minimum absolute atomic E-state index is 0.470. The van der Waals surface area contributed by atoms with Gasteiger partial charge in [0.1, 0.15) is 5.58 Å². The van der Waals surface area contributed by atoms with Crippen molar-refractivity contribution in [3.63, 3.8) is 0 Å². The molecule has 1 N–H and O–H groups in total. The molecule has 0 saturated carbocycles. The molecule has 1 heterocycles. The van der Waals surface area contributed by atoms with E-state index in [0.29, 0.717) is 6.04 Å². The summed E-state index contributed by atoms with van der Waals surface area (Å²) >= 11 is 0. The monoisotopic (exact) mass is 265 g/mol. The number of nitrogens with one attached hydrogen (secondary N) is 1. The first-order chi connectivity index (χ1) is 9.74. The normalized spacial score (nSPS) is 11.3. The van der Waals surface area contributed by atoms with E-state index in [1.165, 1.54) is 22.1 Å². The largest absolute Gasteiger partial charge is 0.464 e. The molecule has 20 heavy (non-hydrogen) atoms. The first-order valence-electron chi connectivity index (χ1n) is 7.03. The van der Waals surface area contributed by atoms with Crippen LogP contribution >= 0.6 is 0 Å². The van der Waals surface area contributed by atoms with Gasteiger partial charge in [-0.3, -0.25) is 0 Å². The molecule has 102 valence electrons. The minimum atomic E-state index is 0.470. The van der Waals surface area contributed by atoms with Crippen LogP contribution in [0, 0.1) is 0 Å². The van der Waals surface area contributed by atoms with E-state index < -0.39 is 0 Å². The summed E-state index contributed by atoms with van der Waals surface area (Å²) in [7, 11) is 0. The van der Waals surface area contributed by atoms with Crippen LogP contribution in [0.4, 0.5) is 0 Å². The molecular weight excluding hydrogens is 246 g/mol. The highest BCUT2D eigenvalue weighted by Crippen LogP contribution is 2.27. The number of hydrogen-bond donors (Lipinski definition) is 1. The fraction of sp³-hybridized carbons (Fsp3) is 0.222. The van der Waals surface area contributed by atoms with Gasteiger partial charge in [-0.1, -0.05) is 50.2 Å². The van der Waals surface area contributed by atoms with Crippen LogP contribution in [-0.2, 0) is 6.54 Å². The topological polar surface area (TPSA) is 25.2 Å². The molecule has 0 fully saturated rings. The Morgan fingerprint density at radius 1 is 1.00 bits per heavy atom. The highest BCUT2D eigenvalue weighted by molar-refractivity contribution is 5.86. The predicted octanol–water partition coefficient (Wildman–Crippen LogP) is 4.60. The van der Waals surface area contributed by atoms with Crippen LogP contribution < -0.4 is 5.32 Å². The fourth-order valence-electron chi connectivity index (χ4n) is 2.34. The lowest BCUT2D eigenvalue weighted by Gasteiger charge is -2.07. The SMILES string of the molecule is CC(C)NCc1coc2ccc(-c3ccccc3)cc12. The Labute approximate surface area is 119 Å². The summed E-state index contributed by atoms with van der Waals surface area (Å²) in [6.07, 6.45) is 1.86. The maximum atomic E-state index is 5.63. The van der Waals surface area contributed by atoms with Crippen molar-refractivity contribution < 1.29 is 4.42 Å². The van der Waals surface area contributed by atoms with E-state index in [0.717, 1.165) is 12.1 Å². The molecule has 0 aliphatic carbocycles. The van der Waals surface area contributed by atoms with E-state index in [1.54, 1.807) is 0 Å². The van der Waals surface area contributed by atoms with Gasteiger partial charge in [0.25, 0.3) is 0 Å². The van der Waals surface area contributed by atoms with E-state index in [2.05, 4.69) is 61.6 Å². The zero-order chi connectivity index (χ0) is 13.9. The van der Waals surface area contributed by atoms with Crippen molar-refractivity contribution in [2.75, 3.05) is 0 Å². The molecule has 0 atom stereocenters. The van der Waals surface area contributed by atoms with Gasteiger partial charge in [0.2, 0.25) is 0 Å². The number of rotatable bonds is 4. The Hall–Kier alpha value is -2.06. The van der Waals surface area contributed by atoms with Crippen molar-refractivity contribution in [1.29, 1.82) is 0 Å². The standard InChI is InChI=1S/C18H19NO/c1-13(2)19-11-16-12-20-18-9-8-15(10-17(16)18)14-6-4-3-5-7-14/h3-10,12-13,19H,11H2,1-2H3. The van der Waals surface area contributed by atoms with E-state index in [-0.39, 0.29) is 0 Å². The maximum Gasteiger partial charge on any atom is 0.134 e. The molecule has 0 bridgehead atoms. The molecule has 0 aliphatic heterocycles. The molecule has 0 saturated heterocycles. The summed E-state index contributed by atoms with van der Waals surface area (Å²) in [5, 5.41) is 4.63. The highest BCUT2D eigenvalue weighted by atomic mass is 16.3. The zero-order valence-electron chi connectivity index (χ0n) is 11.9. The second-order valence-electron chi connectivity index (χ2n) is 5.37. The van der Waals surface area contributed by atoms with Gasteiger partial charge in [-0.25, -0.2) is 0 Å². The summed E-state index contributed by atoms with van der Waals surface area (Å²) in [5.74, 6) is 0. The molecule has 2 heteroatoms. The third kappa shape index (κ3) is 2.61. The van der Waals surface area contributed by atoms with Crippen LogP contribution in [0.1, 0.15) is 19.4 Å². The van der Waals surface area contributed by atoms with Crippen molar-refractivity contribution >= 4 is 11.0 Å². The van der Waals surface area contributed by atoms with Crippen molar-refractivity contribution in [3.05, 3.63) is 60.4 Å². The molecule has 2 aromatic carbocycles. The van der Waals surface area contributed by atoms with Crippen LogP contribution in [0.5, 0.6) is 0 Å². The number of hydrogen-bond acceptors (Lipinski definition) is 2. The van der Waals surface area contributed by atoms with Crippen molar-refractivity contribution in [2.24, 2.45) is 0 Å². The van der Waals surface area contributed by atoms with E-state index in [4.69, 9.17) is 4.42 Å². The van der Waals surface area contributed by atoms with Crippen molar-refractivity contribution in [2.45, 2.75) is 26.4 Å². The van der Waals surface area contributed by atoms with Gasteiger partial charge in [-0.15, -0.1) is 0 Å². The lowest BCUT2D eigenvalue weighted by atomic mass is 10.0. The first kappa shape index (κ1) is 12.9. The van der Waals surface area contributed by atoms with Gasteiger partial charge >= 0.3 is 0 Å². The van der Waals surface area contributed by atoms with Crippen molar-refractivity contribution in [1.82, 2.24) is 5.32 Å². The van der Waals surface area contributed by atoms with E-state index >= 15 is 0 Å². The van der Waals surface area contributed by atoms with Gasteiger partial charge in [0.15, 0.2) is 0 Å². The summed E-state index contributed by atoms with van der Waals surface area (Å²) in [6.45, 7) is 5.14. The second kappa shape index (κ2) is 5.51. The molecular formula is C18H19NO. The minimum Gasteiger partial charge on any atom is -0.464 e. The third-order valence-electron chi connectivity index (χ3n) is 3.46. The second-order valence-corrected chi connectivity index (χ2v) is 5.37. The molecule has 0 unspecified atom stereocenters.